The van der Waals surface area contributed by atoms with Crippen LogP contribution in [0.1, 0.15) is 6.92 Å². The van der Waals surface area contributed by atoms with Gasteiger partial charge in [0.1, 0.15) is 5.69 Å². The largest absolute Gasteiger partial charge is 0.492 e. The van der Waals surface area contributed by atoms with Gasteiger partial charge in [-0.15, -0.1) is 10.2 Å². The lowest BCUT2D eigenvalue weighted by atomic mass is 10.3. The van der Waals surface area contributed by atoms with E-state index >= 15 is 0 Å². The van der Waals surface area contributed by atoms with Crippen LogP contribution in [0.5, 0.6) is 5.88 Å². The quantitative estimate of drug-likeness (QED) is 0.663. The van der Waals surface area contributed by atoms with Gasteiger partial charge in [-0.05, 0) is 31.3 Å². The first-order valence-electron chi connectivity index (χ1n) is 5.22. The number of aromatic hydroxyl groups is 1. The highest BCUT2D eigenvalue weighted by Crippen LogP contribution is 2.35. The summed E-state index contributed by atoms with van der Waals surface area (Å²) in [4.78, 5) is 0. The van der Waals surface area contributed by atoms with E-state index in [0.29, 0.717) is 10.5 Å². The fourth-order valence-corrected chi connectivity index (χ4v) is 2.59. The standard InChI is InChI=1S/C11H10FN3OS2/c1-2-15-10(16)9(18-11(15)17)14-13-8-6-4-3-5-7(8)12/h3-6,16H,2H2,1H3. The van der Waals surface area contributed by atoms with Gasteiger partial charge in [0.05, 0.1) is 0 Å². The summed E-state index contributed by atoms with van der Waals surface area (Å²) >= 11 is 6.20. The lowest BCUT2D eigenvalue weighted by Crippen LogP contribution is -1.90. The van der Waals surface area contributed by atoms with E-state index in [1.165, 1.54) is 16.7 Å². The molecule has 1 aromatic carbocycles. The third kappa shape index (κ3) is 2.46. The zero-order valence-electron chi connectivity index (χ0n) is 9.50. The maximum atomic E-state index is 13.3. The lowest BCUT2D eigenvalue weighted by molar-refractivity contribution is 0.421. The highest BCUT2D eigenvalue weighted by Gasteiger charge is 2.10. The molecule has 18 heavy (non-hydrogen) atoms. The highest BCUT2D eigenvalue weighted by molar-refractivity contribution is 7.73. The van der Waals surface area contributed by atoms with Crippen LogP contribution in [-0.4, -0.2) is 9.67 Å². The molecule has 2 aromatic rings. The Morgan fingerprint density at radius 1 is 1.39 bits per heavy atom. The van der Waals surface area contributed by atoms with Crippen molar-refractivity contribution in [2.75, 3.05) is 0 Å². The minimum atomic E-state index is -0.459. The lowest BCUT2D eigenvalue weighted by Gasteiger charge is -1.97. The highest BCUT2D eigenvalue weighted by atomic mass is 32.1. The Morgan fingerprint density at radius 3 is 2.72 bits per heavy atom. The molecule has 0 atom stereocenters. The van der Waals surface area contributed by atoms with Gasteiger partial charge in [0.2, 0.25) is 10.9 Å². The Balaban J connectivity index is 2.36. The summed E-state index contributed by atoms with van der Waals surface area (Å²) in [5.74, 6) is -0.494. The molecule has 1 heterocycles. The van der Waals surface area contributed by atoms with Gasteiger partial charge in [-0.25, -0.2) is 4.39 Å². The van der Waals surface area contributed by atoms with Crippen molar-refractivity contribution in [1.29, 1.82) is 0 Å². The number of aromatic nitrogens is 1. The van der Waals surface area contributed by atoms with Crippen LogP contribution in [0, 0.1) is 9.77 Å². The molecule has 0 aliphatic rings. The molecule has 0 spiro atoms. The molecular weight excluding hydrogens is 273 g/mol. The molecule has 1 aromatic heterocycles. The van der Waals surface area contributed by atoms with Crippen LogP contribution in [0.2, 0.25) is 0 Å². The van der Waals surface area contributed by atoms with Crippen LogP contribution in [-0.2, 0) is 6.54 Å². The molecule has 0 aliphatic carbocycles. The number of rotatable bonds is 3. The van der Waals surface area contributed by atoms with Crippen LogP contribution >= 0.6 is 23.6 Å². The zero-order valence-corrected chi connectivity index (χ0v) is 11.1. The van der Waals surface area contributed by atoms with Crippen LogP contribution in [0.4, 0.5) is 15.1 Å². The molecule has 94 valence electrons. The van der Waals surface area contributed by atoms with Crippen LogP contribution < -0.4 is 0 Å². The zero-order chi connectivity index (χ0) is 13.1. The van der Waals surface area contributed by atoms with Gasteiger partial charge in [0.25, 0.3) is 0 Å². The van der Waals surface area contributed by atoms with Crippen molar-refractivity contribution < 1.29 is 9.50 Å². The van der Waals surface area contributed by atoms with E-state index in [4.69, 9.17) is 12.2 Å². The fraction of sp³-hybridized carbons (Fsp3) is 0.182. The molecule has 0 saturated heterocycles. The average molecular weight is 283 g/mol. The normalized spacial score (nSPS) is 11.2. The van der Waals surface area contributed by atoms with Crippen molar-refractivity contribution in [3.63, 3.8) is 0 Å². The molecule has 0 radical (unpaired) electrons. The first kappa shape index (κ1) is 12.8. The molecule has 0 unspecified atom stereocenters. The Labute approximate surface area is 112 Å². The summed E-state index contributed by atoms with van der Waals surface area (Å²) in [5.41, 5.74) is 0.124. The van der Waals surface area contributed by atoms with E-state index in [2.05, 4.69) is 10.2 Å². The number of hydrogen-bond donors (Lipinski definition) is 1. The fourth-order valence-electron chi connectivity index (χ4n) is 1.36. The van der Waals surface area contributed by atoms with Gasteiger partial charge >= 0.3 is 0 Å². The van der Waals surface area contributed by atoms with Crippen molar-refractivity contribution >= 4 is 34.2 Å². The monoisotopic (exact) mass is 283 g/mol. The minimum absolute atomic E-state index is 0.0346. The number of benzene rings is 1. The topological polar surface area (TPSA) is 49.9 Å². The molecule has 2 rings (SSSR count). The number of nitrogens with zero attached hydrogens (tertiary/aromatic N) is 3. The van der Waals surface area contributed by atoms with Gasteiger partial charge in [-0.3, -0.25) is 4.57 Å². The maximum Gasteiger partial charge on any atom is 0.232 e. The van der Waals surface area contributed by atoms with Crippen molar-refractivity contribution in [1.82, 2.24) is 4.57 Å². The summed E-state index contributed by atoms with van der Waals surface area (Å²) in [6, 6.07) is 6.04. The molecule has 0 bridgehead atoms. The number of hydrogen-bond acceptors (Lipinski definition) is 5. The van der Waals surface area contributed by atoms with Crippen molar-refractivity contribution in [3.05, 3.63) is 34.0 Å². The Hall–Kier alpha value is -1.60. The first-order chi connectivity index (χ1) is 8.63. The van der Waals surface area contributed by atoms with Crippen molar-refractivity contribution in [2.24, 2.45) is 10.2 Å². The first-order valence-corrected chi connectivity index (χ1v) is 6.44. The summed E-state index contributed by atoms with van der Waals surface area (Å²) in [6.45, 7) is 2.41. The molecule has 1 N–H and O–H groups in total. The van der Waals surface area contributed by atoms with Crippen LogP contribution in [0.15, 0.2) is 34.5 Å². The van der Waals surface area contributed by atoms with E-state index in [-0.39, 0.29) is 16.6 Å². The minimum Gasteiger partial charge on any atom is -0.492 e. The molecule has 0 saturated carbocycles. The van der Waals surface area contributed by atoms with Gasteiger partial charge in [0, 0.05) is 6.54 Å². The van der Waals surface area contributed by atoms with E-state index in [1.54, 1.807) is 12.1 Å². The predicted octanol–water partition coefficient (Wildman–Crippen LogP) is 4.56. The average Bonchev–Trinajstić information content (AvgIpc) is 2.63. The molecule has 0 amide bonds. The summed E-state index contributed by atoms with van der Waals surface area (Å²) in [6.07, 6.45) is 0. The second-order valence-electron chi connectivity index (χ2n) is 3.39. The summed E-state index contributed by atoms with van der Waals surface area (Å²) < 4.78 is 15.4. The Morgan fingerprint density at radius 2 is 2.11 bits per heavy atom. The van der Waals surface area contributed by atoms with E-state index in [1.807, 2.05) is 6.92 Å². The SMILES string of the molecule is CCn1c(O)c(N=Nc2ccccc2F)sc1=S. The van der Waals surface area contributed by atoms with Crippen molar-refractivity contribution in [3.8, 4) is 5.88 Å². The maximum absolute atomic E-state index is 13.3. The third-order valence-electron chi connectivity index (χ3n) is 2.27. The van der Waals surface area contributed by atoms with E-state index in [9.17, 15) is 9.50 Å². The van der Waals surface area contributed by atoms with Gasteiger partial charge in [-0.2, -0.15) is 0 Å². The molecule has 0 fully saturated rings. The smallest absolute Gasteiger partial charge is 0.232 e. The second kappa shape index (κ2) is 5.36. The Bertz CT molecular complexity index is 648. The molecule has 7 heteroatoms. The number of thiazole rings is 1. The van der Waals surface area contributed by atoms with Crippen LogP contribution in [0.25, 0.3) is 0 Å². The molecular formula is C11H10FN3OS2. The van der Waals surface area contributed by atoms with Gasteiger partial charge < -0.3 is 5.11 Å². The molecule has 4 nitrogen and oxygen atoms in total. The van der Waals surface area contributed by atoms with Crippen LogP contribution in [0.3, 0.4) is 0 Å². The van der Waals surface area contributed by atoms with E-state index in [0.717, 1.165) is 11.3 Å². The van der Waals surface area contributed by atoms with Crippen molar-refractivity contribution in [2.45, 2.75) is 13.5 Å². The second-order valence-corrected chi connectivity index (χ2v) is 5.02. The molecule has 0 aliphatic heterocycles. The van der Waals surface area contributed by atoms with E-state index < -0.39 is 5.82 Å². The number of azo groups is 1. The van der Waals surface area contributed by atoms with Gasteiger partial charge in [0.15, 0.2) is 9.77 Å². The predicted molar refractivity (Wildman–Crippen MR) is 71.1 cm³/mol. The summed E-state index contributed by atoms with van der Waals surface area (Å²) in [5, 5.41) is 17.7. The summed E-state index contributed by atoms with van der Waals surface area (Å²) in [7, 11) is 0. The number of halogens is 1. The third-order valence-corrected chi connectivity index (χ3v) is 3.59. The van der Waals surface area contributed by atoms with Gasteiger partial charge in [-0.1, -0.05) is 23.5 Å². The Kier molecular flexibility index (Phi) is 3.83.